The van der Waals surface area contributed by atoms with Crippen molar-refractivity contribution >= 4 is 44.7 Å². The van der Waals surface area contributed by atoms with Crippen LogP contribution in [0.2, 0.25) is 0 Å². The zero-order valence-electron chi connectivity index (χ0n) is 10.8. The third kappa shape index (κ3) is 3.08. The molecular formula is C14H13BrN2O2S. The number of nitrogens with one attached hydrogen (secondary N) is 1. The van der Waals surface area contributed by atoms with Gasteiger partial charge >= 0.3 is 0 Å². The van der Waals surface area contributed by atoms with Gasteiger partial charge in [-0.05, 0) is 24.3 Å². The normalized spacial score (nSPS) is 10.3. The summed E-state index contributed by atoms with van der Waals surface area (Å²) in [4.78, 5) is 12.5. The van der Waals surface area contributed by atoms with Crippen LogP contribution in [0.15, 0.2) is 39.4 Å². The molecule has 0 atom stereocenters. The summed E-state index contributed by atoms with van der Waals surface area (Å²) >= 11 is 8.35. The Kier molecular flexibility index (Phi) is 4.57. The van der Waals surface area contributed by atoms with Gasteiger partial charge in [0.05, 0.1) is 17.5 Å². The summed E-state index contributed by atoms with van der Waals surface area (Å²) in [6.45, 7) is 1.93. The number of aryl methyl sites for hydroxylation is 1. The van der Waals surface area contributed by atoms with Gasteiger partial charge in [-0.15, -0.1) is 0 Å². The molecule has 104 valence electrons. The van der Waals surface area contributed by atoms with Crippen LogP contribution in [0, 0.1) is 0 Å². The molecule has 1 amide bonds. The Balaban J connectivity index is 2.32. The van der Waals surface area contributed by atoms with E-state index in [4.69, 9.17) is 22.4 Å². The van der Waals surface area contributed by atoms with Gasteiger partial charge in [0.1, 0.15) is 10.7 Å². The molecule has 0 bridgehead atoms. The minimum atomic E-state index is -0.244. The van der Waals surface area contributed by atoms with E-state index in [1.807, 2.05) is 13.0 Å². The summed E-state index contributed by atoms with van der Waals surface area (Å²) in [6, 6.07) is 6.99. The van der Waals surface area contributed by atoms with Crippen LogP contribution in [0.4, 0.5) is 5.69 Å². The molecule has 20 heavy (non-hydrogen) atoms. The molecule has 0 saturated heterocycles. The summed E-state index contributed by atoms with van der Waals surface area (Å²) in [7, 11) is 0. The van der Waals surface area contributed by atoms with Crippen LogP contribution in [0.1, 0.15) is 28.6 Å². The quantitative estimate of drug-likeness (QED) is 0.826. The minimum absolute atomic E-state index is 0.232. The van der Waals surface area contributed by atoms with Crippen molar-refractivity contribution in [2.24, 2.45) is 5.73 Å². The maximum atomic E-state index is 12.3. The number of furan rings is 1. The molecule has 0 saturated carbocycles. The molecule has 0 radical (unpaired) electrons. The predicted octanol–water partition coefficient (Wildman–Crippen LogP) is 3.49. The Morgan fingerprint density at radius 1 is 1.40 bits per heavy atom. The first kappa shape index (κ1) is 14.7. The highest BCUT2D eigenvalue weighted by Crippen LogP contribution is 2.23. The van der Waals surface area contributed by atoms with Gasteiger partial charge in [0.15, 0.2) is 0 Å². The average molecular weight is 353 g/mol. The van der Waals surface area contributed by atoms with Crippen molar-refractivity contribution in [3.63, 3.8) is 0 Å². The molecule has 2 aromatic rings. The van der Waals surface area contributed by atoms with E-state index in [0.29, 0.717) is 29.0 Å². The van der Waals surface area contributed by atoms with E-state index < -0.39 is 0 Å². The van der Waals surface area contributed by atoms with Gasteiger partial charge in [0, 0.05) is 16.5 Å². The zero-order valence-corrected chi connectivity index (χ0v) is 13.2. The maximum absolute atomic E-state index is 12.3. The molecule has 1 aromatic carbocycles. The first-order chi connectivity index (χ1) is 9.52. The van der Waals surface area contributed by atoms with Crippen molar-refractivity contribution in [2.75, 3.05) is 5.32 Å². The van der Waals surface area contributed by atoms with Crippen molar-refractivity contribution in [3.05, 3.63) is 51.9 Å². The lowest BCUT2D eigenvalue weighted by Gasteiger charge is -2.10. The first-order valence-corrected chi connectivity index (χ1v) is 7.20. The number of benzene rings is 1. The van der Waals surface area contributed by atoms with E-state index in [0.717, 1.165) is 4.47 Å². The first-order valence-electron chi connectivity index (χ1n) is 6.00. The van der Waals surface area contributed by atoms with E-state index in [2.05, 4.69) is 21.2 Å². The topological polar surface area (TPSA) is 68.3 Å². The third-order valence-corrected chi connectivity index (χ3v) is 3.52. The summed E-state index contributed by atoms with van der Waals surface area (Å²) in [5.74, 6) is 0.403. The number of carbonyl (C=O) groups is 1. The largest absolute Gasteiger partial charge is 0.469 e. The Labute approximate surface area is 130 Å². The number of hydrogen-bond donors (Lipinski definition) is 2. The van der Waals surface area contributed by atoms with E-state index in [1.165, 1.54) is 6.26 Å². The van der Waals surface area contributed by atoms with Crippen LogP contribution in [0.3, 0.4) is 0 Å². The van der Waals surface area contributed by atoms with Crippen LogP contribution in [-0.4, -0.2) is 10.9 Å². The van der Waals surface area contributed by atoms with Crippen LogP contribution >= 0.6 is 28.1 Å². The van der Waals surface area contributed by atoms with Crippen molar-refractivity contribution in [3.8, 4) is 0 Å². The molecule has 0 spiro atoms. The van der Waals surface area contributed by atoms with E-state index in [-0.39, 0.29) is 10.9 Å². The zero-order chi connectivity index (χ0) is 14.7. The fourth-order valence-electron chi connectivity index (χ4n) is 1.84. The molecule has 3 N–H and O–H groups in total. The van der Waals surface area contributed by atoms with Gasteiger partial charge in [0.2, 0.25) is 0 Å². The number of halogens is 1. The molecule has 0 aliphatic carbocycles. The highest BCUT2D eigenvalue weighted by Gasteiger charge is 2.15. The number of rotatable bonds is 4. The summed E-state index contributed by atoms with van der Waals surface area (Å²) < 4.78 is 6.08. The molecule has 1 aromatic heterocycles. The lowest BCUT2D eigenvalue weighted by atomic mass is 10.1. The summed E-state index contributed by atoms with van der Waals surface area (Å²) in [6.07, 6.45) is 2.15. The average Bonchev–Trinajstić information content (AvgIpc) is 2.86. The Morgan fingerprint density at radius 3 is 2.80 bits per heavy atom. The predicted molar refractivity (Wildman–Crippen MR) is 86.1 cm³/mol. The van der Waals surface area contributed by atoms with Gasteiger partial charge < -0.3 is 15.5 Å². The van der Waals surface area contributed by atoms with Crippen molar-refractivity contribution in [2.45, 2.75) is 13.3 Å². The Hall–Kier alpha value is -1.66. The fourth-order valence-corrected chi connectivity index (χ4v) is 2.38. The van der Waals surface area contributed by atoms with Crippen LogP contribution in [0.5, 0.6) is 0 Å². The van der Waals surface area contributed by atoms with E-state index in [1.54, 1.807) is 18.2 Å². The maximum Gasteiger partial charge on any atom is 0.259 e. The molecule has 4 nitrogen and oxygen atoms in total. The van der Waals surface area contributed by atoms with Crippen LogP contribution in [0.25, 0.3) is 0 Å². The van der Waals surface area contributed by atoms with Gasteiger partial charge in [-0.25, -0.2) is 0 Å². The molecule has 0 aliphatic heterocycles. The number of hydrogen-bond acceptors (Lipinski definition) is 3. The second-order valence-electron chi connectivity index (χ2n) is 4.12. The van der Waals surface area contributed by atoms with Gasteiger partial charge in [-0.1, -0.05) is 35.1 Å². The molecule has 1 heterocycles. The van der Waals surface area contributed by atoms with Gasteiger partial charge in [-0.3, -0.25) is 4.79 Å². The molecule has 6 heteroatoms. The monoisotopic (exact) mass is 352 g/mol. The van der Waals surface area contributed by atoms with Crippen molar-refractivity contribution < 1.29 is 9.21 Å². The number of thiocarbonyl (C=S) groups is 1. The van der Waals surface area contributed by atoms with E-state index in [9.17, 15) is 4.79 Å². The highest BCUT2D eigenvalue weighted by molar-refractivity contribution is 9.10. The molecular weight excluding hydrogens is 340 g/mol. The highest BCUT2D eigenvalue weighted by atomic mass is 79.9. The standard InChI is InChI=1S/C14H13BrN2O2S/c1-2-12-10(5-6-19-12)14(18)17-11-7-8(15)3-4-9(11)13(16)20/h3-7H,2H2,1H3,(H2,16,20)(H,17,18). The minimum Gasteiger partial charge on any atom is -0.469 e. The molecule has 0 unspecified atom stereocenters. The Bertz CT molecular complexity index is 667. The number of nitrogens with two attached hydrogens (primary N) is 1. The van der Waals surface area contributed by atoms with E-state index >= 15 is 0 Å². The Morgan fingerprint density at radius 2 is 2.15 bits per heavy atom. The SMILES string of the molecule is CCc1occc1C(=O)Nc1cc(Br)ccc1C(N)=S. The number of carbonyl (C=O) groups excluding carboxylic acids is 1. The third-order valence-electron chi connectivity index (χ3n) is 2.81. The molecule has 2 rings (SSSR count). The number of amides is 1. The summed E-state index contributed by atoms with van der Waals surface area (Å²) in [5, 5.41) is 2.81. The molecule has 0 aliphatic rings. The smallest absolute Gasteiger partial charge is 0.259 e. The summed E-state index contributed by atoms with van der Waals surface area (Å²) in [5.41, 5.74) is 7.37. The second kappa shape index (κ2) is 6.19. The van der Waals surface area contributed by atoms with Gasteiger partial charge in [0.25, 0.3) is 5.91 Å². The van der Waals surface area contributed by atoms with Crippen molar-refractivity contribution in [1.29, 1.82) is 0 Å². The van der Waals surface area contributed by atoms with Crippen molar-refractivity contribution in [1.82, 2.24) is 0 Å². The van der Waals surface area contributed by atoms with Gasteiger partial charge in [-0.2, -0.15) is 0 Å². The lowest BCUT2D eigenvalue weighted by molar-refractivity contribution is 0.102. The number of anilines is 1. The van der Waals surface area contributed by atoms with Crippen LogP contribution in [-0.2, 0) is 6.42 Å². The fraction of sp³-hybridized carbons (Fsp3) is 0.143. The second-order valence-corrected chi connectivity index (χ2v) is 5.47. The van der Waals surface area contributed by atoms with Crippen LogP contribution < -0.4 is 11.1 Å². The lowest BCUT2D eigenvalue weighted by Crippen LogP contribution is -2.18. The molecule has 0 fully saturated rings.